The Bertz CT molecular complexity index is 1090. The Morgan fingerprint density at radius 1 is 1.24 bits per heavy atom. The second-order valence-electron chi connectivity index (χ2n) is 9.53. The van der Waals surface area contributed by atoms with E-state index in [1.807, 2.05) is 7.05 Å². The quantitative estimate of drug-likeness (QED) is 0.378. The van der Waals surface area contributed by atoms with Crippen LogP contribution in [0.15, 0.2) is 29.3 Å². The van der Waals surface area contributed by atoms with Crippen molar-refractivity contribution in [1.82, 2.24) is 20.3 Å². The van der Waals surface area contributed by atoms with E-state index in [0.717, 1.165) is 35.6 Å². The summed E-state index contributed by atoms with van der Waals surface area (Å²) in [4.78, 5) is 16.4. The van der Waals surface area contributed by atoms with Crippen molar-refractivity contribution in [2.75, 3.05) is 20.2 Å². The monoisotopic (exact) mass is 510 g/mol. The van der Waals surface area contributed by atoms with Crippen LogP contribution in [0, 0.1) is 0 Å². The van der Waals surface area contributed by atoms with Crippen molar-refractivity contribution >= 4 is 27.5 Å². The first-order valence-corrected chi connectivity index (χ1v) is 13.7. The molecule has 188 valence electrons. The number of nitrogens with one attached hydrogen (secondary N) is 3. The fourth-order valence-electron chi connectivity index (χ4n) is 4.01. The number of carbonyl (C=O) groups is 1. The first-order valence-electron chi connectivity index (χ1n) is 11.4. The Kier molecular flexibility index (Phi) is 8.56. The maximum absolute atomic E-state index is 13.3. The number of nitrogens with zero attached hydrogens (tertiary/aromatic N) is 1. The van der Waals surface area contributed by atoms with Crippen LogP contribution in [0.1, 0.15) is 57.4 Å². The highest BCUT2D eigenvalue weighted by molar-refractivity contribution is 7.89. The molecule has 1 aliphatic rings. The van der Waals surface area contributed by atoms with E-state index >= 15 is 0 Å². The zero-order valence-corrected chi connectivity index (χ0v) is 21.7. The molecule has 34 heavy (non-hydrogen) atoms. The molecule has 1 amide bonds. The van der Waals surface area contributed by atoms with Gasteiger partial charge in [-0.15, -0.1) is 11.3 Å². The Labute approximate surface area is 205 Å². The lowest BCUT2D eigenvalue weighted by atomic mass is 9.86. The fraction of sp³-hybridized carbons (Fsp3) is 0.565. The van der Waals surface area contributed by atoms with Crippen molar-refractivity contribution in [3.8, 4) is 16.2 Å². The van der Waals surface area contributed by atoms with Gasteiger partial charge in [-0.3, -0.25) is 0 Å². The Balaban J connectivity index is 1.87. The number of rotatable bonds is 9. The predicted molar refractivity (Wildman–Crippen MR) is 133 cm³/mol. The number of hydrogen-bond acceptors (Lipinski definition) is 7. The maximum atomic E-state index is 13.3. The van der Waals surface area contributed by atoms with Gasteiger partial charge in [-0.1, -0.05) is 0 Å². The van der Waals surface area contributed by atoms with Crippen molar-refractivity contribution in [2.45, 2.75) is 68.8 Å². The van der Waals surface area contributed by atoms with Gasteiger partial charge in [0.15, 0.2) is 0 Å². The molecule has 1 fully saturated rings. The summed E-state index contributed by atoms with van der Waals surface area (Å²) in [5, 5.41) is 15.4. The zero-order valence-electron chi connectivity index (χ0n) is 20.1. The summed E-state index contributed by atoms with van der Waals surface area (Å²) in [6.45, 7) is 6.48. The van der Waals surface area contributed by atoms with Crippen LogP contribution in [-0.4, -0.2) is 56.4 Å². The van der Waals surface area contributed by atoms with Gasteiger partial charge in [-0.2, -0.15) is 0 Å². The SMILES string of the molecule is CNCCOc1ccc(-c2cnc([C@H]3CC[C@H](NC(=O)O)CC3)s2)c(S(=O)(=O)NC(C)(C)C)c1. The topological polar surface area (TPSA) is 130 Å². The van der Waals surface area contributed by atoms with E-state index < -0.39 is 21.7 Å². The van der Waals surface area contributed by atoms with Crippen molar-refractivity contribution < 1.29 is 23.1 Å². The second-order valence-corrected chi connectivity index (χ2v) is 12.2. The Hall–Kier alpha value is -2.21. The smallest absolute Gasteiger partial charge is 0.404 e. The minimum atomic E-state index is -3.81. The summed E-state index contributed by atoms with van der Waals surface area (Å²) in [5.41, 5.74) is -0.0525. The molecule has 1 saturated carbocycles. The van der Waals surface area contributed by atoms with Crippen molar-refractivity contribution in [1.29, 1.82) is 0 Å². The normalized spacial score (nSPS) is 19.1. The molecule has 1 aliphatic carbocycles. The van der Waals surface area contributed by atoms with Gasteiger partial charge in [0.25, 0.3) is 0 Å². The van der Waals surface area contributed by atoms with Crippen LogP contribution in [0.4, 0.5) is 4.79 Å². The molecule has 4 N–H and O–H groups in total. The van der Waals surface area contributed by atoms with E-state index in [2.05, 4.69) is 20.3 Å². The molecule has 0 saturated heterocycles. The lowest BCUT2D eigenvalue weighted by Gasteiger charge is -2.27. The number of benzene rings is 1. The van der Waals surface area contributed by atoms with Gasteiger partial charge in [0.05, 0.1) is 14.8 Å². The zero-order chi connectivity index (χ0) is 24.9. The molecular weight excluding hydrogens is 476 g/mol. The largest absolute Gasteiger partial charge is 0.492 e. The number of carboxylic acid groups (broad SMARTS) is 1. The minimum Gasteiger partial charge on any atom is -0.492 e. The van der Waals surface area contributed by atoms with Gasteiger partial charge in [0.1, 0.15) is 12.4 Å². The second kappa shape index (κ2) is 11.0. The molecule has 2 aromatic rings. The van der Waals surface area contributed by atoms with E-state index in [9.17, 15) is 13.2 Å². The molecule has 1 aromatic heterocycles. The molecule has 0 radical (unpaired) electrons. The molecule has 9 nitrogen and oxygen atoms in total. The van der Waals surface area contributed by atoms with Gasteiger partial charge in [0.2, 0.25) is 10.0 Å². The molecule has 0 aliphatic heterocycles. The standard InChI is InChI=1S/C23H34N4O5S2/c1-23(2,3)27-34(30,31)20-13-17(32-12-11-24-4)9-10-18(20)19-14-25-21(33-19)15-5-7-16(8-6-15)26-22(28)29/h9-10,13-16,24,26-27H,5-8,11-12H2,1-4H3,(H,28,29)/t15-,16-. The lowest BCUT2D eigenvalue weighted by Crippen LogP contribution is -2.40. The molecule has 1 heterocycles. The van der Waals surface area contributed by atoms with Gasteiger partial charge in [-0.25, -0.2) is 22.9 Å². The van der Waals surface area contributed by atoms with Crippen LogP contribution in [0.25, 0.3) is 10.4 Å². The number of likely N-dealkylation sites (N-methyl/N-ethyl adjacent to an activating group) is 1. The first-order chi connectivity index (χ1) is 16.0. The molecule has 0 spiro atoms. The number of ether oxygens (including phenoxy) is 1. The van der Waals surface area contributed by atoms with Crippen LogP contribution in [0.2, 0.25) is 0 Å². The molecule has 3 rings (SSSR count). The number of sulfonamides is 1. The van der Waals surface area contributed by atoms with Crippen LogP contribution in [-0.2, 0) is 10.0 Å². The van der Waals surface area contributed by atoms with Crippen molar-refractivity contribution in [3.63, 3.8) is 0 Å². The Morgan fingerprint density at radius 2 is 1.94 bits per heavy atom. The number of thiazole rings is 1. The number of amides is 1. The molecule has 0 atom stereocenters. The van der Waals surface area contributed by atoms with E-state index in [1.54, 1.807) is 45.2 Å². The molecule has 1 aromatic carbocycles. The first kappa shape index (κ1) is 26.4. The van der Waals surface area contributed by atoms with Crippen LogP contribution < -0.4 is 20.1 Å². The summed E-state index contributed by atoms with van der Waals surface area (Å²) in [5.74, 6) is 0.727. The average Bonchev–Trinajstić information content (AvgIpc) is 3.22. The fourth-order valence-corrected chi connectivity index (χ4v) is 6.85. The van der Waals surface area contributed by atoms with E-state index in [1.165, 1.54) is 11.3 Å². The van der Waals surface area contributed by atoms with Crippen LogP contribution >= 0.6 is 11.3 Å². The van der Waals surface area contributed by atoms with E-state index in [4.69, 9.17) is 9.84 Å². The average molecular weight is 511 g/mol. The summed E-state index contributed by atoms with van der Waals surface area (Å²) < 4.78 is 35.1. The molecule has 0 bridgehead atoms. The van der Waals surface area contributed by atoms with E-state index in [-0.39, 0.29) is 16.9 Å². The van der Waals surface area contributed by atoms with Crippen LogP contribution in [0.3, 0.4) is 0 Å². The maximum Gasteiger partial charge on any atom is 0.404 e. The van der Waals surface area contributed by atoms with Gasteiger partial charge in [-0.05, 0) is 65.6 Å². The highest BCUT2D eigenvalue weighted by Gasteiger charge is 2.28. The molecule has 0 unspecified atom stereocenters. The highest BCUT2D eigenvalue weighted by Crippen LogP contribution is 2.40. The molecule has 11 heteroatoms. The highest BCUT2D eigenvalue weighted by atomic mass is 32.2. The van der Waals surface area contributed by atoms with Gasteiger partial charge < -0.3 is 20.5 Å². The number of aromatic nitrogens is 1. The van der Waals surface area contributed by atoms with Crippen molar-refractivity contribution in [3.05, 3.63) is 29.4 Å². The summed E-state index contributed by atoms with van der Waals surface area (Å²) in [7, 11) is -1.99. The third kappa shape index (κ3) is 7.14. The lowest BCUT2D eigenvalue weighted by molar-refractivity contribution is 0.185. The third-order valence-electron chi connectivity index (χ3n) is 5.50. The molecular formula is C23H34N4O5S2. The predicted octanol–water partition coefficient (Wildman–Crippen LogP) is 3.78. The summed E-state index contributed by atoms with van der Waals surface area (Å²) in [6.07, 6.45) is 3.95. The summed E-state index contributed by atoms with van der Waals surface area (Å²) in [6, 6.07) is 5.10. The minimum absolute atomic E-state index is 0.0242. The number of hydrogen-bond donors (Lipinski definition) is 4. The van der Waals surface area contributed by atoms with Crippen molar-refractivity contribution in [2.24, 2.45) is 0 Å². The third-order valence-corrected chi connectivity index (χ3v) is 8.49. The van der Waals surface area contributed by atoms with Gasteiger partial charge in [0, 0.05) is 41.9 Å². The van der Waals surface area contributed by atoms with Crippen LogP contribution in [0.5, 0.6) is 5.75 Å². The summed E-state index contributed by atoms with van der Waals surface area (Å²) >= 11 is 1.49. The Morgan fingerprint density at radius 3 is 2.56 bits per heavy atom. The van der Waals surface area contributed by atoms with Gasteiger partial charge >= 0.3 is 6.09 Å². The van der Waals surface area contributed by atoms with E-state index in [0.29, 0.717) is 24.5 Å².